The molecule has 0 unspecified atom stereocenters. The number of nitrogens with zero attached hydrogens (tertiary/aromatic N) is 2. The summed E-state index contributed by atoms with van der Waals surface area (Å²) in [5.74, 6) is 0.502. The van der Waals surface area contributed by atoms with Crippen molar-refractivity contribution in [3.63, 3.8) is 0 Å². The third-order valence-electron chi connectivity index (χ3n) is 6.36. The van der Waals surface area contributed by atoms with E-state index in [-0.39, 0.29) is 6.03 Å². The van der Waals surface area contributed by atoms with Crippen LogP contribution < -0.4 is 15.5 Å². The number of benzene rings is 2. The van der Waals surface area contributed by atoms with Crippen molar-refractivity contribution in [3.05, 3.63) is 65.7 Å². The molecule has 2 aromatic rings. The number of hydrogen-bond donors (Lipinski definition) is 2. The van der Waals surface area contributed by atoms with E-state index in [1.807, 2.05) is 6.07 Å². The highest BCUT2D eigenvalue weighted by molar-refractivity contribution is 5.73. The highest BCUT2D eigenvalue weighted by atomic mass is 16.2. The lowest BCUT2D eigenvalue weighted by Gasteiger charge is -2.27. The molecule has 0 aromatic heterocycles. The number of piperidine rings is 1. The van der Waals surface area contributed by atoms with E-state index in [1.54, 1.807) is 0 Å². The average molecular weight is 407 g/mol. The maximum Gasteiger partial charge on any atom is 0.315 e. The van der Waals surface area contributed by atoms with E-state index in [0.717, 1.165) is 32.6 Å². The van der Waals surface area contributed by atoms with Gasteiger partial charge < -0.3 is 15.5 Å². The Morgan fingerprint density at radius 3 is 2.40 bits per heavy atom. The van der Waals surface area contributed by atoms with Gasteiger partial charge in [-0.25, -0.2) is 4.79 Å². The Bertz CT molecular complexity index is 804. The van der Waals surface area contributed by atoms with E-state index in [0.29, 0.717) is 12.5 Å². The molecule has 2 saturated heterocycles. The van der Waals surface area contributed by atoms with Crippen molar-refractivity contribution in [3.8, 4) is 0 Å². The summed E-state index contributed by atoms with van der Waals surface area (Å²) in [6.45, 7) is 6.72. The van der Waals surface area contributed by atoms with Gasteiger partial charge in [-0.05, 0) is 61.5 Å². The molecule has 1 atom stereocenters. The van der Waals surface area contributed by atoms with Crippen LogP contribution in [0, 0.1) is 5.92 Å². The molecule has 0 saturated carbocycles. The van der Waals surface area contributed by atoms with Crippen molar-refractivity contribution in [1.82, 2.24) is 15.5 Å². The van der Waals surface area contributed by atoms with Gasteiger partial charge in [0.25, 0.3) is 0 Å². The number of hydrogen-bond acceptors (Lipinski definition) is 3. The van der Waals surface area contributed by atoms with Crippen molar-refractivity contribution < 1.29 is 4.79 Å². The van der Waals surface area contributed by atoms with E-state index in [2.05, 4.69) is 69.0 Å². The number of rotatable bonds is 7. The molecule has 0 radical (unpaired) electrons. The summed E-state index contributed by atoms with van der Waals surface area (Å²) in [5.41, 5.74) is 3.82. The molecule has 4 rings (SSSR count). The molecular weight excluding hydrogens is 372 g/mol. The fraction of sp³-hybridized carbons (Fsp3) is 0.480. The Hall–Kier alpha value is -2.53. The molecule has 2 heterocycles. The second kappa shape index (κ2) is 10.5. The highest BCUT2D eigenvalue weighted by Crippen LogP contribution is 2.23. The summed E-state index contributed by atoms with van der Waals surface area (Å²) in [7, 11) is 0. The monoisotopic (exact) mass is 406 g/mol. The number of anilines is 1. The molecule has 30 heavy (non-hydrogen) atoms. The second-order valence-electron chi connectivity index (χ2n) is 8.61. The number of para-hydroxylation sites is 1. The Morgan fingerprint density at radius 1 is 0.867 bits per heavy atom. The number of amides is 2. The molecule has 5 nitrogen and oxygen atoms in total. The molecule has 2 aromatic carbocycles. The highest BCUT2D eigenvalue weighted by Gasteiger charge is 2.23. The van der Waals surface area contributed by atoms with Crippen LogP contribution in [0.2, 0.25) is 0 Å². The zero-order valence-corrected chi connectivity index (χ0v) is 17.9. The molecule has 0 spiro atoms. The SMILES string of the molecule is O=C(NCc1ccccc1CN1CCCCC1)NC[C@H]1CCN(c2ccccc2)C1. The minimum atomic E-state index is -0.0686. The number of carbonyl (C=O) groups is 1. The van der Waals surface area contributed by atoms with Crippen LogP contribution in [0.1, 0.15) is 36.8 Å². The molecule has 2 aliphatic heterocycles. The molecule has 5 heteroatoms. The Balaban J connectivity index is 1.21. The normalized spacial score (nSPS) is 19.6. The minimum Gasteiger partial charge on any atom is -0.371 e. The van der Waals surface area contributed by atoms with Crippen LogP contribution in [0.15, 0.2) is 54.6 Å². The molecule has 2 fully saturated rings. The van der Waals surface area contributed by atoms with Gasteiger partial charge in [0.2, 0.25) is 0 Å². The first-order valence-electron chi connectivity index (χ1n) is 11.4. The van der Waals surface area contributed by atoms with Crippen LogP contribution >= 0.6 is 0 Å². The maximum atomic E-state index is 12.4. The predicted molar refractivity (Wildman–Crippen MR) is 123 cm³/mol. The van der Waals surface area contributed by atoms with Gasteiger partial charge in [-0.3, -0.25) is 4.90 Å². The molecule has 160 valence electrons. The zero-order valence-electron chi connectivity index (χ0n) is 17.9. The molecule has 0 bridgehead atoms. The van der Waals surface area contributed by atoms with E-state index < -0.39 is 0 Å². The fourth-order valence-electron chi connectivity index (χ4n) is 4.59. The van der Waals surface area contributed by atoms with Crippen LogP contribution in [0.3, 0.4) is 0 Å². The lowest BCUT2D eigenvalue weighted by atomic mass is 10.0. The van der Waals surface area contributed by atoms with Crippen LogP contribution in [0.5, 0.6) is 0 Å². The van der Waals surface area contributed by atoms with Crippen LogP contribution in [0.25, 0.3) is 0 Å². The van der Waals surface area contributed by atoms with Crippen molar-refractivity contribution in [2.45, 2.75) is 38.8 Å². The lowest BCUT2D eigenvalue weighted by Crippen LogP contribution is -2.38. The lowest BCUT2D eigenvalue weighted by molar-refractivity contribution is 0.220. The van der Waals surface area contributed by atoms with Gasteiger partial charge in [0.15, 0.2) is 0 Å². The standard InChI is InChI=1S/C25H34N4O/c30-25(26-17-21-13-16-29(19-21)24-11-3-1-4-12-24)27-18-22-9-5-6-10-23(22)20-28-14-7-2-8-15-28/h1,3-6,9-12,21H,2,7-8,13-20H2,(H2,26,27,30)/t21-/m1/s1. The van der Waals surface area contributed by atoms with E-state index in [9.17, 15) is 4.79 Å². The van der Waals surface area contributed by atoms with Crippen molar-refractivity contribution in [1.29, 1.82) is 0 Å². The fourth-order valence-corrected chi connectivity index (χ4v) is 4.59. The topological polar surface area (TPSA) is 47.6 Å². The first-order valence-corrected chi connectivity index (χ1v) is 11.4. The Morgan fingerprint density at radius 2 is 1.60 bits per heavy atom. The first kappa shape index (κ1) is 20.7. The van der Waals surface area contributed by atoms with Gasteiger partial charge in [-0.2, -0.15) is 0 Å². The third kappa shape index (κ3) is 5.76. The van der Waals surface area contributed by atoms with Crippen LogP contribution in [0.4, 0.5) is 10.5 Å². The summed E-state index contributed by atoms with van der Waals surface area (Å²) in [6.07, 6.45) is 5.06. The van der Waals surface area contributed by atoms with Gasteiger partial charge in [0, 0.05) is 38.4 Å². The molecule has 2 N–H and O–H groups in total. The smallest absolute Gasteiger partial charge is 0.315 e. The predicted octanol–water partition coefficient (Wildman–Crippen LogP) is 4.00. The average Bonchev–Trinajstić information content (AvgIpc) is 3.28. The van der Waals surface area contributed by atoms with Crippen LogP contribution in [-0.4, -0.2) is 43.7 Å². The van der Waals surface area contributed by atoms with Crippen molar-refractivity contribution >= 4 is 11.7 Å². The number of likely N-dealkylation sites (tertiary alicyclic amines) is 1. The van der Waals surface area contributed by atoms with E-state index >= 15 is 0 Å². The Kier molecular flexibility index (Phi) is 7.25. The third-order valence-corrected chi connectivity index (χ3v) is 6.36. The van der Waals surface area contributed by atoms with Gasteiger partial charge in [-0.1, -0.05) is 48.9 Å². The summed E-state index contributed by atoms with van der Waals surface area (Å²) in [6, 6.07) is 18.9. The molecule has 2 amide bonds. The van der Waals surface area contributed by atoms with Gasteiger partial charge >= 0.3 is 6.03 Å². The summed E-state index contributed by atoms with van der Waals surface area (Å²) in [4.78, 5) is 17.3. The van der Waals surface area contributed by atoms with Gasteiger partial charge in [0.1, 0.15) is 0 Å². The van der Waals surface area contributed by atoms with Gasteiger partial charge in [-0.15, -0.1) is 0 Å². The summed E-state index contributed by atoms with van der Waals surface area (Å²) < 4.78 is 0. The first-order chi connectivity index (χ1) is 14.8. The Labute approximate surface area is 180 Å². The summed E-state index contributed by atoms with van der Waals surface area (Å²) >= 11 is 0. The molecular formula is C25H34N4O. The molecule has 2 aliphatic rings. The van der Waals surface area contributed by atoms with Crippen molar-refractivity contribution in [2.75, 3.05) is 37.6 Å². The number of nitrogens with one attached hydrogen (secondary N) is 2. The van der Waals surface area contributed by atoms with Gasteiger partial charge in [0.05, 0.1) is 0 Å². The zero-order chi connectivity index (χ0) is 20.6. The summed E-state index contributed by atoms with van der Waals surface area (Å²) in [5, 5.41) is 6.14. The quantitative estimate of drug-likeness (QED) is 0.731. The number of carbonyl (C=O) groups excluding carboxylic acids is 1. The largest absolute Gasteiger partial charge is 0.371 e. The van der Waals surface area contributed by atoms with Crippen LogP contribution in [-0.2, 0) is 13.1 Å². The number of urea groups is 1. The second-order valence-corrected chi connectivity index (χ2v) is 8.61. The maximum absolute atomic E-state index is 12.4. The molecule has 0 aliphatic carbocycles. The van der Waals surface area contributed by atoms with E-state index in [1.165, 1.54) is 49.2 Å². The minimum absolute atomic E-state index is 0.0686. The van der Waals surface area contributed by atoms with E-state index in [4.69, 9.17) is 0 Å². The van der Waals surface area contributed by atoms with Crippen molar-refractivity contribution in [2.24, 2.45) is 5.92 Å².